The van der Waals surface area contributed by atoms with E-state index in [0.717, 1.165) is 22.8 Å². The summed E-state index contributed by atoms with van der Waals surface area (Å²) in [5.41, 5.74) is 8.05. The molecule has 0 aliphatic carbocycles. The van der Waals surface area contributed by atoms with Crippen molar-refractivity contribution >= 4 is 11.6 Å². The summed E-state index contributed by atoms with van der Waals surface area (Å²) in [7, 11) is 0. The molecule has 0 atom stereocenters. The summed E-state index contributed by atoms with van der Waals surface area (Å²) in [5, 5.41) is 3.27. The van der Waals surface area contributed by atoms with Crippen LogP contribution in [-0.4, -0.2) is 15.9 Å². The number of carbonyl (C=O) groups excluding carboxylic acids is 1. The third kappa shape index (κ3) is 3.10. The number of aryl methyl sites for hydroxylation is 1. The second-order valence-corrected chi connectivity index (χ2v) is 4.15. The summed E-state index contributed by atoms with van der Waals surface area (Å²) in [6.45, 7) is 2.54. The van der Waals surface area contributed by atoms with Crippen LogP contribution in [0.15, 0.2) is 30.5 Å². The van der Waals surface area contributed by atoms with E-state index in [1.165, 1.54) is 0 Å². The van der Waals surface area contributed by atoms with E-state index >= 15 is 0 Å². The Morgan fingerprint density at radius 1 is 1.44 bits per heavy atom. The number of aromatic amines is 1. The number of aromatic nitrogens is 2. The van der Waals surface area contributed by atoms with E-state index < -0.39 is 0 Å². The van der Waals surface area contributed by atoms with Crippen LogP contribution in [0.3, 0.4) is 0 Å². The Morgan fingerprint density at radius 2 is 2.22 bits per heavy atom. The molecule has 1 aromatic carbocycles. The normalized spacial score (nSPS) is 10.3. The molecule has 0 aliphatic rings. The van der Waals surface area contributed by atoms with Crippen LogP contribution in [0.2, 0.25) is 0 Å². The summed E-state index contributed by atoms with van der Waals surface area (Å²) in [6, 6.07) is 7.64. The highest BCUT2D eigenvalue weighted by molar-refractivity contribution is 5.78. The number of primary amides is 1. The number of nitrogens with one attached hydrogen (secondary N) is 2. The molecule has 0 spiro atoms. The fraction of sp³-hybridized carbons (Fsp3) is 0.231. The summed E-state index contributed by atoms with van der Waals surface area (Å²) in [5.74, 6) is 0.554. The number of nitrogens with two attached hydrogens (primary N) is 1. The lowest BCUT2D eigenvalue weighted by atomic mass is 10.1. The van der Waals surface area contributed by atoms with Gasteiger partial charge in [-0.1, -0.05) is 18.2 Å². The molecule has 2 aromatic rings. The van der Waals surface area contributed by atoms with Crippen LogP contribution in [0.1, 0.15) is 17.1 Å². The number of hydrogen-bond acceptors (Lipinski definition) is 3. The van der Waals surface area contributed by atoms with Crippen molar-refractivity contribution in [2.24, 2.45) is 5.73 Å². The molecule has 94 valence electrons. The second kappa shape index (κ2) is 5.35. The minimum absolute atomic E-state index is 0.241. The van der Waals surface area contributed by atoms with Crippen molar-refractivity contribution in [2.75, 3.05) is 5.32 Å². The van der Waals surface area contributed by atoms with Crippen molar-refractivity contribution < 1.29 is 4.79 Å². The molecule has 0 unspecified atom stereocenters. The lowest BCUT2D eigenvalue weighted by Crippen LogP contribution is -2.15. The Morgan fingerprint density at radius 3 is 2.89 bits per heavy atom. The topological polar surface area (TPSA) is 83.8 Å². The van der Waals surface area contributed by atoms with E-state index in [-0.39, 0.29) is 12.3 Å². The summed E-state index contributed by atoms with van der Waals surface area (Å²) in [4.78, 5) is 18.2. The van der Waals surface area contributed by atoms with Crippen LogP contribution in [-0.2, 0) is 17.8 Å². The molecule has 0 saturated heterocycles. The first-order valence-corrected chi connectivity index (χ1v) is 5.75. The maximum Gasteiger partial charge on any atom is 0.221 e. The van der Waals surface area contributed by atoms with Crippen LogP contribution in [0.25, 0.3) is 0 Å². The molecule has 5 nitrogen and oxygen atoms in total. The zero-order valence-corrected chi connectivity index (χ0v) is 10.2. The molecule has 18 heavy (non-hydrogen) atoms. The fourth-order valence-electron chi connectivity index (χ4n) is 1.79. The molecule has 0 fully saturated rings. The summed E-state index contributed by atoms with van der Waals surface area (Å²) < 4.78 is 0. The van der Waals surface area contributed by atoms with Gasteiger partial charge in [0.05, 0.1) is 24.9 Å². The van der Waals surface area contributed by atoms with Crippen molar-refractivity contribution in [3.63, 3.8) is 0 Å². The molecular formula is C13H16N4O. The Bertz CT molecular complexity index is 547. The van der Waals surface area contributed by atoms with Gasteiger partial charge < -0.3 is 16.0 Å². The van der Waals surface area contributed by atoms with Gasteiger partial charge in [-0.05, 0) is 18.6 Å². The number of benzene rings is 1. The lowest BCUT2D eigenvalue weighted by Gasteiger charge is -2.09. The van der Waals surface area contributed by atoms with Crippen LogP contribution < -0.4 is 11.1 Å². The highest BCUT2D eigenvalue weighted by Gasteiger charge is 2.05. The van der Waals surface area contributed by atoms with Gasteiger partial charge in [-0.25, -0.2) is 4.98 Å². The first kappa shape index (κ1) is 12.2. The van der Waals surface area contributed by atoms with Crippen molar-refractivity contribution in [1.82, 2.24) is 9.97 Å². The van der Waals surface area contributed by atoms with E-state index in [4.69, 9.17) is 5.73 Å². The number of amides is 1. The van der Waals surface area contributed by atoms with Gasteiger partial charge in [0.1, 0.15) is 5.82 Å². The number of nitrogens with zero attached hydrogens (tertiary/aromatic N) is 1. The third-order valence-electron chi connectivity index (χ3n) is 2.61. The number of hydrogen-bond donors (Lipinski definition) is 3. The SMILES string of the molecule is Cc1ncc(CNc2ccccc2CC(N)=O)[nH]1. The maximum atomic E-state index is 11.0. The molecule has 1 aromatic heterocycles. The zero-order chi connectivity index (χ0) is 13.0. The van der Waals surface area contributed by atoms with Crippen molar-refractivity contribution in [3.05, 3.63) is 47.5 Å². The largest absolute Gasteiger partial charge is 0.379 e. The lowest BCUT2D eigenvalue weighted by molar-refractivity contribution is -0.117. The second-order valence-electron chi connectivity index (χ2n) is 4.15. The average molecular weight is 244 g/mol. The minimum Gasteiger partial charge on any atom is -0.379 e. The van der Waals surface area contributed by atoms with E-state index in [1.807, 2.05) is 31.2 Å². The van der Waals surface area contributed by atoms with Crippen molar-refractivity contribution in [3.8, 4) is 0 Å². The number of para-hydroxylation sites is 1. The molecule has 1 amide bonds. The van der Waals surface area contributed by atoms with Gasteiger partial charge in [0.25, 0.3) is 0 Å². The molecule has 0 bridgehead atoms. The van der Waals surface area contributed by atoms with Gasteiger partial charge >= 0.3 is 0 Å². The molecule has 5 heteroatoms. The number of rotatable bonds is 5. The zero-order valence-electron chi connectivity index (χ0n) is 10.2. The molecule has 1 heterocycles. The smallest absolute Gasteiger partial charge is 0.221 e. The van der Waals surface area contributed by atoms with E-state index in [0.29, 0.717) is 6.54 Å². The number of imidazole rings is 1. The van der Waals surface area contributed by atoms with Crippen LogP contribution >= 0.6 is 0 Å². The van der Waals surface area contributed by atoms with Crippen LogP contribution in [0, 0.1) is 6.92 Å². The Kier molecular flexibility index (Phi) is 3.62. The predicted molar refractivity (Wildman–Crippen MR) is 70.0 cm³/mol. The van der Waals surface area contributed by atoms with Gasteiger partial charge in [-0.3, -0.25) is 4.79 Å². The molecular weight excluding hydrogens is 228 g/mol. The number of anilines is 1. The summed E-state index contributed by atoms with van der Waals surface area (Å²) in [6.07, 6.45) is 2.03. The Labute approximate surface area is 105 Å². The molecule has 4 N–H and O–H groups in total. The van der Waals surface area contributed by atoms with Crippen LogP contribution in [0.5, 0.6) is 0 Å². The van der Waals surface area contributed by atoms with Crippen molar-refractivity contribution in [1.29, 1.82) is 0 Å². The third-order valence-corrected chi connectivity index (χ3v) is 2.61. The van der Waals surface area contributed by atoms with Crippen molar-refractivity contribution in [2.45, 2.75) is 19.9 Å². The Hall–Kier alpha value is -2.30. The number of carbonyl (C=O) groups is 1. The van der Waals surface area contributed by atoms with Gasteiger partial charge in [-0.15, -0.1) is 0 Å². The first-order chi connectivity index (χ1) is 8.65. The van der Waals surface area contributed by atoms with Crippen LogP contribution in [0.4, 0.5) is 5.69 Å². The van der Waals surface area contributed by atoms with E-state index in [1.54, 1.807) is 6.20 Å². The minimum atomic E-state index is -0.332. The van der Waals surface area contributed by atoms with E-state index in [9.17, 15) is 4.79 Å². The monoisotopic (exact) mass is 244 g/mol. The van der Waals surface area contributed by atoms with Gasteiger partial charge in [0.2, 0.25) is 5.91 Å². The Balaban J connectivity index is 2.06. The highest BCUT2D eigenvalue weighted by Crippen LogP contribution is 2.16. The van der Waals surface area contributed by atoms with Gasteiger partial charge in [0.15, 0.2) is 0 Å². The molecule has 0 radical (unpaired) electrons. The molecule has 2 rings (SSSR count). The predicted octanol–water partition coefficient (Wildman–Crippen LogP) is 1.36. The fourth-order valence-corrected chi connectivity index (χ4v) is 1.79. The van der Waals surface area contributed by atoms with Gasteiger partial charge in [0, 0.05) is 5.69 Å². The molecule has 0 saturated carbocycles. The highest BCUT2D eigenvalue weighted by atomic mass is 16.1. The van der Waals surface area contributed by atoms with Gasteiger partial charge in [-0.2, -0.15) is 0 Å². The molecule has 0 aliphatic heterocycles. The maximum absolute atomic E-state index is 11.0. The first-order valence-electron chi connectivity index (χ1n) is 5.75. The standard InChI is InChI=1S/C13H16N4O/c1-9-15-7-11(17-9)8-16-12-5-3-2-4-10(12)6-13(14)18/h2-5,7,16H,6,8H2,1H3,(H2,14,18)(H,15,17). The summed E-state index contributed by atoms with van der Waals surface area (Å²) >= 11 is 0. The number of H-pyrrole nitrogens is 1. The quantitative estimate of drug-likeness (QED) is 0.742. The average Bonchev–Trinajstić information content (AvgIpc) is 2.73. The van der Waals surface area contributed by atoms with E-state index in [2.05, 4.69) is 15.3 Å².